The predicted molar refractivity (Wildman–Crippen MR) is 127 cm³/mol. The number of hydrogen-bond acceptors (Lipinski definition) is 6. The summed E-state index contributed by atoms with van der Waals surface area (Å²) in [5.41, 5.74) is 1.36. The van der Waals surface area contributed by atoms with Gasteiger partial charge in [0.1, 0.15) is 10.1 Å². The van der Waals surface area contributed by atoms with E-state index in [1.54, 1.807) is 42.5 Å². The molecule has 3 rings (SSSR count). The first-order valence-electron chi connectivity index (χ1n) is 9.07. The first-order chi connectivity index (χ1) is 14.8. The number of nitrogens with zero attached hydrogens (tertiary/aromatic N) is 1. The Bertz CT molecular complexity index is 1060. The summed E-state index contributed by atoms with van der Waals surface area (Å²) in [6.07, 6.45) is 1.49. The lowest BCUT2D eigenvalue weighted by Gasteiger charge is -2.12. The third kappa shape index (κ3) is 6.65. The average Bonchev–Trinajstić information content (AvgIpc) is 2.99. The van der Waals surface area contributed by atoms with Gasteiger partial charge >= 0.3 is 5.97 Å². The van der Waals surface area contributed by atoms with Gasteiger partial charge in [-0.25, -0.2) is 0 Å². The van der Waals surface area contributed by atoms with Crippen LogP contribution in [0.1, 0.15) is 12.0 Å². The third-order valence-corrected chi connectivity index (χ3v) is 5.98. The highest BCUT2D eigenvalue weighted by molar-refractivity contribution is 9.10. The summed E-state index contributed by atoms with van der Waals surface area (Å²) >= 11 is 9.64. The summed E-state index contributed by atoms with van der Waals surface area (Å²) in [7, 11) is 0. The van der Waals surface area contributed by atoms with Gasteiger partial charge in [-0.05, 0) is 48.0 Å². The number of carboxylic acids is 1. The van der Waals surface area contributed by atoms with Crippen molar-refractivity contribution < 1.29 is 24.2 Å². The standard InChI is InChI=1S/C21H17BrN2O5S2/c22-14-4-6-15(7-5-14)23-18(25)12-29-16-3-1-2-13(10-16)11-17-20(28)24(21(30)31-17)9-8-19(26)27/h1-7,10-11H,8-9,12H2,(H,23,25)(H,26,27)/b17-11-. The number of amides is 2. The van der Waals surface area contributed by atoms with Gasteiger partial charge in [0, 0.05) is 16.7 Å². The second-order valence-electron chi connectivity index (χ2n) is 6.39. The van der Waals surface area contributed by atoms with Crippen molar-refractivity contribution in [3.63, 3.8) is 0 Å². The summed E-state index contributed by atoms with van der Waals surface area (Å²) < 4.78 is 6.80. The molecule has 2 aromatic carbocycles. The first-order valence-corrected chi connectivity index (χ1v) is 11.1. The Labute approximate surface area is 196 Å². The van der Waals surface area contributed by atoms with E-state index in [9.17, 15) is 14.4 Å². The zero-order valence-corrected chi connectivity index (χ0v) is 19.3. The molecule has 1 aliphatic rings. The van der Waals surface area contributed by atoms with E-state index in [0.717, 1.165) is 16.2 Å². The number of carbonyl (C=O) groups is 3. The first kappa shape index (κ1) is 23.0. The molecule has 1 saturated heterocycles. The summed E-state index contributed by atoms with van der Waals surface area (Å²) in [4.78, 5) is 37.0. The molecule has 0 bridgehead atoms. The van der Waals surface area contributed by atoms with Gasteiger partial charge in [0.2, 0.25) is 0 Å². The number of thiocarbonyl (C=S) groups is 1. The number of anilines is 1. The van der Waals surface area contributed by atoms with Gasteiger partial charge in [0.05, 0.1) is 11.3 Å². The van der Waals surface area contributed by atoms with Crippen LogP contribution >= 0.6 is 39.9 Å². The van der Waals surface area contributed by atoms with Crippen molar-refractivity contribution in [2.75, 3.05) is 18.5 Å². The fraction of sp³-hybridized carbons (Fsp3) is 0.143. The maximum atomic E-state index is 12.5. The number of ether oxygens (including phenoxy) is 1. The van der Waals surface area contributed by atoms with E-state index in [-0.39, 0.29) is 31.4 Å². The van der Waals surface area contributed by atoms with Crippen molar-refractivity contribution in [2.45, 2.75) is 6.42 Å². The summed E-state index contributed by atoms with van der Waals surface area (Å²) in [6, 6.07) is 14.1. The van der Waals surface area contributed by atoms with Crippen LogP contribution in [0.25, 0.3) is 6.08 Å². The third-order valence-electron chi connectivity index (χ3n) is 4.08. The highest BCUT2D eigenvalue weighted by Gasteiger charge is 2.32. The van der Waals surface area contributed by atoms with Gasteiger partial charge in [-0.2, -0.15) is 0 Å². The molecule has 10 heteroatoms. The van der Waals surface area contributed by atoms with E-state index in [1.165, 1.54) is 4.90 Å². The number of rotatable bonds is 8. The van der Waals surface area contributed by atoms with Crippen molar-refractivity contribution >= 4 is 73.8 Å². The molecule has 0 unspecified atom stereocenters. The Hall–Kier alpha value is -2.69. The molecule has 7 nitrogen and oxygen atoms in total. The lowest BCUT2D eigenvalue weighted by molar-refractivity contribution is -0.137. The van der Waals surface area contributed by atoms with E-state index in [0.29, 0.717) is 26.2 Å². The maximum absolute atomic E-state index is 12.5. The van der Waals surface area contributed by atoms with E-state index < -0.39 is 5.97 Å². The van der Waals surface area contributed by atoms with Crippen molar-refractivity contribution in [1.82, 2.24) is 4.90 Å². The molecule has 0 spiro atoms. The quantitative estimate of drug-likeness (QED) is 0.398. The molecule has 0 aromatic heterocycles. The number of hydrogen-bond donors (Lipinski definition) is 2. The minimum Gasteiger partial charge on any atom is -0.484 e. The Morgan fingerprint density at radius 1 is 1.23 bits per heavy atom. The van der Waals surface area contributed by atoms with Gasteiger partial charge in [-0.3, -0.25) is 19.3 Å². The molecule has 2 N–H and O–H groups in total. The average molecular weight is 521 g/mol. The van der Waals surface area contributed by atoms with Crippen LogP contribution in [0.15, 0.2) is 57.9 Å². The lowest BCUT2D eigenvalue weighted by Crippen LogP contribution is -2.30. The second kappa shape index (κ2) is 10.6. The SMILES string of the molecule is O=C(O)CCN1C(=O)/C(=C/c2cccc(OCC(=O)Nc3ccc(Br)cc3)c2)SC1=S. The fourth-order valence-electron chi connectivity index (χ4n) is 2.62. The smallest absolute Gasteiger partial charge is 0.305 e. The number of carboxylic acid groups (broad SMARTS) is 1. The minimum absolute atomic E-state index is 0.0357. The van der Waals surface area contributed by atoms with Gasteiger partial charge in [0.25, 0.3) is 11.8 Å². The molecule has 0 atom stereocenters. The largest absolute Gasteiger partial charge is 0.484 e. The molecule has 1 heterocycles. The molecule has 1 aliphatic heterocycles. The summed E-state index contributed by atoms with van der Waals surface area (Å²) in [5, 5.41) is 11.6. The van der Waals surface area contributed by atoms with Crippen LogP contribution in [0, 0.1) is 0 Å². The molecule has 0 saturated carbocycles. The van der Waals surface area contributed by atoms with Gasteiger partial charge in [0.15, 0.2) is 6.61 Å². The number of thioether (sulfide) groups is 1. The zero-order chi connectivity index (χ0) is 22.4. The van der Waals surface area contributed by atoms with E-state index in [1.807, 2.05) is 12.1 Å². The molecule has 0 radical (unpaired) electrons. The van der Waals surface area contributed by atoms with E-state index in [2.05, 4.69) is 21.2 Å². The second-order valence-corrected chi connectivity index (χ2v) is 8.98. The minimum atomic E-state index is -0.993. The van der Waals surface area contributed by atoms with Crippen LogP contribution < -0.4 is 10.1 Å². The lowest BCUT2D eigenvalue weighted by atomic mass is 10.2. The fourth-order valence-corrected chi connectivity index (χ4v) is 4.20. The highest BCUT2D eigenvalue weighted by atomic mass is 79.9. The summed E-state index contributed by atoms with van der Waals surface area (Å²) in [6.45, 7) is -0.134. The van der Waals surface area contributed by atoms with Crippen LogP contribution in [-0.4, -0.2) is 45.3 Å². The van der Waals surface area contributed by atoms with Gasteiger partial charge < -0.3 is 15.2 Å². The molecule has 0 aliphatic carbocycles. The van der Waals surface area contributed by atoms with Crippen molar-refractivity contribution in [1.29, 1.82) is 0 Å². The monoisotopic (exact) mass is 520 g/mol. The maximum Gasteiger partial charge on any atom is 0.305 e. The predicted octanol–water partition coefficient (Wildman–Crippen LogP) is 4.14. The molecule has 160 valence electrons. The van der Waals surface area contributed by atoms with Crippen LogP contribution in [0.4, 0.5) is 5.69 Å². The number of nitrogens with one attached hydrogen (secondary N) is 1. The number of carbonyl (C=O) groups excluding carboxylic acids is 2. The normalized spacial score (nSPS) is 14.7. The van der Waals surface area contributed by atoms with Crippen LogP contribution in [0.5, 0.6) is 5.75 Å². The molecule has 2 aromatic rings. The van der Waals surface area contributed by atoms with Gasteiger partial charge in [-0.1, -0.05) is 52.0 Å². The van der Waals surface area contributed by atoms with Crippen molar-refractivity contribution in [3.8, 4) is 5.75 Å². The van der Waals surface area contributed by atoms with Crippen LogP contribution in [-0.2, 0) is 14.4 Å². The Morgan fingerprint density at radius 2 is 1.97 bits per heavy atom. The Kier molecular flexibility index (Phi) is 7.83. The Morgan fingerprint density at radius 3 is 2.68 bits per heavy atom. The topological polar surface area (TPSA) is 95.9 Å². The van der Waals surface area contributed by atoms with Crippen molar-refractivity contribution in [3.05, 3.63) is 63.5 Å². The number of halogens is 1. The number of aliphatic carboxylic acids is 1. The van der Waals surface area contributed by atoms with Crippen LogP contribution in [0.3, 0.4) is 0 Å². The number of benzene rings is 2. The molecule has 31 heavy (non-hydrogen) atoms. The Balaban J connectivity index is 1.60. The zero-order valence-electron chi connectivity index (χ0n) is 16.0. The van der Waals surface area contributed by atoms with Crippen molar-refractivity contribution in [2.24, 2.45) is 0 Å². The van der Waals surface area contributed by atoms with Crippen LogP contribution in [0.2, 0.25) is 0 Å². The molecular weight excluding hydrogens is 504 g/mol. The van der Waals surface area contributed by atoms with E-state index >= 15 is 0 Å². The van der Waals surface area contributed by atoms with Gasteiger partial charge in [-0.15, -0.1) is 0 Å². The van der Waals surface area contributed by atoms with E-state index in [4.69, 9.17) is 22.1 Å². The highest BCUT2D eigenvalue weighted by Crippen LogP contribution is 2.33. The molecular formula is C21H17BrN2O5S2. The molecule has 2 amide bonds. The molecule has 1 fully saturated rings. The summed E-state index contributed by atoms with van der Waals surface area (Å²) in [5.74, 6) is -1.14.